The molecule has 1 saturated heterocycles. The number of sulfone groups is 1. The van der Waals surface area contributed by atoms with E-state index >= 15 is 0 Å². The first-order valence-corrected chi connectivity index (χ1v) is 10.3. The molecule has 5 nitrogen and oxygen atoms in total. The second-order valence-electron chi connectivity index (χ2n) is 7.98. The van der Waals surface area contributed by atoms with Crippen molar-refractivity contribution in [3.63, 3.8) is 0 Å². The Morgan fingerprint density at radius 2 is 1.75 bits per heavy atom. The van der Waals surface area contributed by atoms with Crippen molar-refractivity contribution in [2.24, 2.45) is 5.92 Å². The maximum atomic E-state index is 12.4. The second-order valence-corrected chi connectivity index (χ2v) is 10.6. The summed E-state index contributed by atoms with van der Waals surface area (Å²) in [5.41, 5.74) is 1.01. The van der Waals surface area contributed by atoms with E-state index in [4.69, 9.17) is 0 Å². The van der Waals surface area contributed by atoms with Crippen molar-refractivity contribution in [1.82, 2.24) is 9.88 Å². The van der Waals surface area contributed by atoms with Crippen LogP contribution < -0.4 is 4.90 Å². The molecule has 0 saturated carbocycles. The molecule has 1 aliphatic heterocycles. The Hall–Kier alpha value is -1.14. The Labute approximate surface area is 147 Å². The molecule has 0 bridgehead atoms. The molecule has 0 N–H and O–H groups in total. The van der Waals surface area contributed by atoms with E-state index in [0.29, 0.717) is 0 Å². The topological polar surface area (TPSA) is 53.5 Å². The minimum Gasteiger partial charge on any atom is -0.368 e. The van der Waals surface area contributed by atoms with Crippen LogP contribution in [0.25, 0.3) is 0 Å². The standard InChI is InChI=1S/C18H31N3O2S/c1-15(2)8-9-20-10-12-21(13-11-20)16-6-7-17(19-14-16)24(22,23)18(3,4)5/h6-7,14-15H,8-13H2,1-5H3. The van der Waals surface area contributed by atoms with Crippen LogP contribution in [0.1, 0.15) is 41.0 Å². The molecule has 1 fully saturated rings. The molecule has 2 rings (SSSR count). The van der Waals surface area contributed by atoms with Crippen LogP contribution >= 0.6 is 0 Å². The summed E-state index contributed by atoms with van der Waals surface area (Å²) in [6.07, 6.45) is 2.93. The lowest BCUT2D eigenvalue weighted by Crippen LogP contribution is -2.46. The van der Waals surface area contributed by atoms with Gasteiger partial charge in [0.05, 0.1) is 16.6 Å². The fourth-order valence-electron chi connectivity index (χ4n) is 2.70. The molecule has 136 valence electrons. The third-order valence-corrected chi connectivity index (χ3v) is 6.97. The Bertz CT molecular complexity index is 625. The molecule has 2 heterocycles. The third kappa shape index (κ3) is 4.48. The van der Waals surface area contributed by atoms with Gasteiger partial charge < -0.3 is 4.90 Å². The van der Waals surface area contributed by atoms with Crippen molar-refractivity contribution < 1.29 is 8.42 Å². The van der Waals surface area contributed by atoms with Gasteiger partial charge in [-0.1, -0.05) is 13.8 Å². The average Bonchev–Trinajstić information content (AvgIpc) is 2.52. The van der Waals surface area contributed by atoms with Crippen LogP contribution in [0.3, 0.4) is 0 Å². The molecule has 0 atom stereocenters. The average molecular weight is 354 g/mol. The molecule has 1 aromatic heterocycles. The van der Waals surface area contributed by atoms with E-state index in [1.807, 2.05) is 6.07 Å². The van der Waals surface area contributed by atoms with Gasteiger partial charge in [-0.3, -0.25) is 4.90 Å². The van der Waals surface area contributed by atoms with Crippen molar-refractivity contribution in [2.45, 2.75) is 50.8 Å². The van der Waals surface area contributed by atoms with E-state index in [1.54, 1.807) is 33.0 Å². The zero-order valence-electron chi connectivity index (χ0n) is 15.6. The van der Waals surface area contributed by atoms with Gasteiger partial charge in [0.25, 0.3) is 0 Å². The normalized spacial score (nSPS) is 17.5. The van der Waals surface area contributed by atoms with Crippen molar-refractivity contribution >= 4 is 15.5 Å². The maximum absolute atomic E-state index is 12.4. The monoisotopic (exact) mass is 353 g/mol. The number of piperazine rings is 1. The highest BCUT2D eigenvalue weighted by Gasteiger charge is 2.32. The van der Waals surface area contributed by atoms with E-state index in [1.165, 1.54) is 6.42 Å². The van der Waals surface area contributed by atoms with Crippen molar-refractivity contribution in [3.8, 4) is 0 Å². The molecule has 0 radical (unpaired) electrons. The predicted octanol–water partition coefficient (Wildman–Crippen LogP) is 2.82. The SMILES string of the molecule is CC(C)CCN1CCN(c2ccc(S(=O)(=O)C(C)(C)C)nc2)CC1. The largest absolute Gasteiger partial charge is 0.368 e. The van der Waals surface area contributed by atoms with Crippen LogP contribution in [0.4, 0.5) is 5.69 Å². The highest BCUT2D eigenvalue weighted by Crippen LogP contribution is 2.25. The fourth-order valence-corrected chi connectivity index (χ4v) is 3.77. The quantitative estimate of drug-likeness (QED) is 0.815. The van der Waals surface area contributed by atoms with Gasteiger partial charge in [0.15, 0.2) is 14.9 Å². The molecular formula is C18H31N3O2S. The number of nitrogens with zero attached hydrogens (tertiary/aromatic N) is 3. The van der Waals surface area contributed by atoms with E-state index in [2.05, 4.69) is 28.6 Å². The Morgan fingerprint density at radius 1 is 1.12 bits per heavy atom. The number of hydrogen-bond acceptors (Lipinski definition) is 5. The molecule has 1 aromatic rings. The van der Waals surface area contributed by atoms with Gasteiger partial charge in [-0.05, 0) is 51.8 Å². The molecule has 6 heteroatoms. The van der Waals surface area contributed by atoms with E-state index in [-0.39, 0.29) is 5.03 Å². The summed E-state index contributed by atoms with van der Waals surface area (Å²) in [6, 6.07) is 3.52. The summed E-state index contributed by atoms with van der Waals surface area (Å²) in [5, 5.41) is 0.161. The Kier molecular flexibility index (Phi) is 5.91. The van der Waals surface area contributed by atoms with E-state index < -0.39 is 14.6 Å². The molecule has 24 heavy (non-hydrogen) atoms. The van der Waals surface area contributed by atoms with Crippen LogP contribution in [0.2, 0.25) is 0 Å². The number of aromatic nitrogens is 1. The van der Waals surface area contributed by atoms with Crippen LogP contribution in [0, 0.1) is 5.92 Å². The van der Waals surface area contributed by atoms with E-state index in [9.17, 15) is 8.42 Å². The molecule has 0 amide bonds. The molecule has 1 aliphatic rings. The lowest BCUT2D eigenvalue weighted by Gasteiger charge is -2.36. The highest BCUT2D eigenvalue weighted by molar-refractivity contribution is 7.92. The molecule has 0 aromatic carbocycles. The summed E-state index contributed by atoms with van der Waals surface area (Å²) in [7, 11) is -3.39. The molecule has 0 spiro atoms. The van der Waals surface area contributed by atoms with Gasteiger partial charge in [-0.15, -0.1) is 0 Å². The lowest BCUT2D eigenvalue weighted by molar-refractivity contribution is 0.243. The summed E-state index contributed by atoms with van der Waals surface area (Å²) < 4.78 is 24.0. The first-order valence-electron chi connectivity index (χ1n) is 8.79. The smallest absolute Gasteiger partial charge is 0.200 e. The van der Waals surface area contributed by atoms with Gasteiger partial charge in [0, 0.05) is 26.2 Å². The van der Waals surface area contributed by atoms with Crippen LogP contribution in [0.5, 0.6) is 0 Å². The van der Waals surface area contributed by atoms with Gasteiger partial charge in [-0.2, -0.15) is 0 Å². The van der Waals surface area contributed by atoms with Gasteiger partial charge in [-0.25, -0.2) is 13.4 Å². The molecule has 0 aliphatic carbocycles. The van der Waals surface area contributed by atoms with Gasteiger partial charge in [0.1, 0.15) is 0 Å². The van der Waals surface area contributed by atoms with Crippen LogP contribution in [-0.2, 0) is 9.84 Å². The minimum absolute atomic E-state index is 0.161. The number of rotatable bonds is 5. The summed E-state index contributed by atoms with van der Waals surface area (Å²) in [4.78, 5) is 9.01. The summed E-state index contributed by atoms with van der Waals surface area (Å²) in [6.45, 7) is 14.8. The maximum Gasteiger partial charge on any atom is 0.200 e. The summed E-state index contributed by atoms with van der Waals surface area (Å²) >= 11 is 0. The third-order valence-electron chi connectivity index (χ3n) is 4.56. The first kappa shape index (κ1) is 19.2. The van der Waals surface area contributed by atoms with Crippen molar-refractivity contribution in [2.75, 3.05) is 37.6 Å². The van der Waals surface area contributed by atoms with Crippen LogP contribution in [-0.4, -0.2) is 55.8 Å². The van der Waals surface area contributed by atoms with Crippen molar-refractivity contribution in [3.05, 3.63) is 18.3 Å². The van der Waals surface area contributed by atoms with Gasteiger partial charge in [0.2, 0.25) is 0 Å². The number of anilines is 1. The predicted molar refractivity (Wildman–Crippen MR) is 99.3 cm³/mol. The fraction of sp³-hybridized carbons (Fsp3) is 0.722. The number of hydrogen-bond donors (Lipinski definition) is 0. The summed E-state index contributed by atoms with van der Waals surface area (Å²) in [5.74, 6) is 0.740. The Morgan fingerprint density at radius 3 is 2.21 bits per heavy atom. The van der Waals surface area contributed by atoms with Crippen molar-refractivity contribution in [1.29, 1.82) is 0 Å². The second kappa shape index (κ2) is 7.40. The number of pyridine rings is 1. The van der Waals surface area contributed by atoms with E-state index in [0.717, 1.165) is 44.3 Å². The first-order chi connectivity index (χ1) is 11.1. The highest BCUT2D eigenvalue weighted by atomic mass is 32.2. The zero-order chi connectivity index (χ0) is 18.0. The molecular weight excluding hydrogens is 322 g/mol. The minimum atomic E-state index is -3.39. The Balaban J connectivity index is 1.98. The van der Waals surface area contributed by atoms with Gasteiger partial charge >= 0.3 is 0 Å². The van der Waals surface area contributed by atoms with Crippen LogP contribution in [0.15, 0.2) is 23.4 Å². The zero-order valence-corrected chi connectivity index (χ0v) is 16.4. The lowest BCUT2D eigenvalue weighted by atomic mass is 10.1. The molecule has 0 unspecified atom stereocenters.